The molecule has 142 valence electrons. The highest BCUT2D eigenvalue weighted by Gasteiger charge is 2.52. The maximum absolute atomic E-state index is 12.8. The predicted octanol–water partition coefficient (Wildman–Crippen LogP) is 3.51. The lowest BCUT2D eigenvalue weighted by Crippen LogP contribution is -2.55. The molecule has 0 saturated carbocycles. The van der Waals surface area contributed by atoms with Crippen LogP contribution in [0.25, 0.3) is 0 Å². The quantitative estimate of drug-likeness (QED) is 0.729. The molecule has 1 saturated heterocycles. The summed E-state index contributed by atoms with van der Waals surface area (Å²) in [5, 5.41) is 0. The fourth-order valence-electron chi connectivity index (χ4n) is 3.17. The molecule has 0 aliphatic carbocycles. The van der Waals surface area contributed by atoms with E-state index in [0.29, 0.717) is 19.4 Å². The Morgan fingerprint density at radius 2 is 1.48 bits per heavy atom. The number of rotatable bonds is 6. The Morgan fingerprint density at radius 3 is 2.04 bits per heavy atom. The van der Waals surface area contributed by atoms with Gasteiger partial charge in [0.1, 0.15) is 13.2 Å². The second-order valence-electron chi connectivity index (χ2n) is 6.35. The topological polar surface area (TPSA) is 65.1 Å². The average Bonchev–Trinajstić information content (AvgIpc) is 3.17. The summed E-state index contributed by atoms with van der Waals surface area (Å²) < 4.78 is 16.3. The summed E-state index contributed by atoms with van der Waals surface area (Å²) in [6.07, 6.45) is 0.418. The SMILES string of the molecule is COC1(C(=O)OCc2ccccc2)CCCN1C(=O)OCc1ccccc1. The van der Waals surface area contributed by atoms with Gasteiger partial charge in [0.15, 0.2) is 0 Å². The third-order valence-electron chi connectivity index (χ3n) is 4.63. The predicted molar refractivity (Wildman–Crippen MR) is 98.5 cm³/mol. The van der Waals surface area contributed by atoms with Crippen LogP contribution in [0, 0.1) is 0 Å². The molecule has 1 atom stereocenters. The van der Waals surface area contributed by atoms with Crippen LogP contribution in [0.3, 0.4) is 0 Å². The van der Waals surface area contributed by atoms with E-state index >= 15 is 0 Å². The van der Waals surface area contributed by atoms with E-state index in [1.165, 1.54) is 12.0 Å². The molecule has 6 heteroatoms. The Kier molecular flexibility index (Phi) is 6.08. The van der Waals surface area contributed by atoms with Gasteiger partial charge < -0.3 is 14.2 Å². The number of hydrogen-bond acceptors (Lipinski definition) is 5. The molecule has 3 rings (SSSR count). The first kappa shape index (κ1) is 18.9. The van der Waals surface area contributed by atoms with Gasteiger partial charge in [0.25, 0.3) is 0 Å². The Labute approximate surface area is 158 Å². The van der Waals surface area contributed by atoms with Gasteiger partial charge in [-0.1, -0.05) is 60.7 Å². The minimum absolute atomic E-state index is 0.123. The van der Waals surface area contributed by atoms with Crippen LogP contribution in [0.1, 0.15) is 24.0 Å². The molecule has 0 bridgehead atoms. The third kappa shape index (κ3) is 4.28. The van der Waals surface area contributed by atoms with Gasteiger partial charge in [0.2, 0.25) is 5.72 Å². The van der Waals surface area contributed by atoms with Crippen molar-refractivity contribution in [2.75, 3.05) is 13.7 Å². The summed E-state index contributed by atoms with van der Waals surface area (Å²) in [4.78, 5) is 26.7. The van der Waals surface area contributed by atoms with E-state index in [-0.39, 0.29) is 13.2 Å². The summed E-state index contributed by atoms with van der Waals surface area (Å²) >= 11 is 0. The summed E-state index contributed by atoms with van der Waals surface area (Å²) in [6, 6.07) is 18.8. The first-order valence-electron chi connectivity index (χ1n) is 8.90. The number of carbonyl (C=O) groups is 2. The lowest BCUT2D eigenvalue weighted by atomic mass is 10.1. The van der Waals surface area contributed by atoms with Gasteiger partial charge in [-0.2, -0.15) is 0 Å². The number of benzene rings is 2. The van der Waals surface area contributed by atoms with Crippen molar-refractivity contribution in [1.29, 1.82) is 0 Å². The fourth-order valence-corrected chi connectivity index (χ4v) is 3.17. The summed E-state index contributed by atoms with van der Waals surface area (Å²) in [5.41, 5.74) is 0.302. The highest BCUT2D eigenvalue weighted by atomic mass is 16.6. The largest absolute Gasteiger partial charge is 0.457 e. The molecule has 1 fully saturated rings. The molecule has 1 unspecified atom stereocenters. The van der Waals surface area contributed by atoms with E-state index < -0.39 is 17.8 Å². The number of likely N-dealkylation sites (tertiary alicyclic amines) is 1. The van der Waals surface area contributed by atoms with Crippen molar-refractivity contribution in [1.82, 2.24) is 4.90 Å². The molecule has 6 nitrogen and oxygen atoms in total. The van der Waals surface area contributed by atoms with Gasteiger partial charge in [-0.25, -0.2) is 9.59 Å². The van der Waals surface area contributed by atoms with Crippen molar-refractivity contribution in [2.24, 2.45) is 0 Å². The van der Waals surface area contributed by atoms with Gasteiger partial charge in [-0.3, -0.25) is 4.90 Å². The molecule has 2 aromatic carbocycles. The lowest BCUT2D eigenvalue weighted by molar-refractivity contribution is -0.187. The smallest absolute Gasteiger partial charge is 0.412 e. The molecule has 27 heavy (non-hydrogen) atoms. The molecule has 1 aliphatic heterocycles. The maximum Gasteiger partial charge on any atom is 0.412 e. The van der Waals surface area contributed by atoms with Gasteiger partial charge in [0, 0.05) is 20.1 Å². The van der Waals surface area contributed by atoms with E-state index in [1.54, 1.807) is 0 Å². The van der Waals surface area contributed by atoms with Crippen LogP contribution in [-0.2, 0) is 32.2 Å². The number of amides is 1. The Hall–Kier alpha value is -2.86. The monoisotopic (exact) mass is 369 g/mol. The number of hydrogen-bond donors (Lipinski definition) is 0. The lowest BCUT2D eigenvalue weighted by Gasteiger charge is -2.33. The minimum Gasteiger partial charge on any atom is -0.457 e. The van der Waals surface area contributed by atoms with Crippen molar-refractivity contribution >= 4 is 12.1 Å². The molecule has 0 radical (unpaired) electrons. The third-order valence-corrected chi connectivity index (χ3v) is 4.63. The van der Waals surface area contributed by atoms with E-state index in [4.69, 9.17) is 14.2 Å². The zero-order valence-electron chi connectivity index (χ0n) is 15.3. The van der Waals surface area contributed by atoms with E-state index in [9.17, 15) is 9.59 Å². The van der Waals surface area contributed by atoms with Crippen LogP contribution in [0.15, 0.2) is 60.7 Å². The van der Waals surface area contributed by atoms with Crippen molar-refractivity contribution in [3.63, 3.8) is 0 Å². The van der Waals surface area contributed by atoms with Crippen molar-refractivity contribution < 1.29 is 23.8 Å². The zero-order valence-corrected chi connectivity index (χ0v) is 15.3. The first-order valence-corrected chi connectivity index (χ1v) is 8.90. The van der Waals surface area contributed by atoms with E-state index in [2.05, 4.69) is 0 Å². The molecule has 0 spiro atoms. The van der Waals surface area contributed by atoms with Crippen molar-refractivity contribution in [3.05, 3.63) is 71.8 Å². The highest BCUT2D eigenvalue weighted by molar-refractivity contribution is 5.85. The zero-order chi connectivity index (χ0) is 19.1. The fraction of sp³-hybridized carbons (Fsp3) is 0.333. The summed E-state index contributed by atoms with van der Waals surface area (Å²) in [6.45, 7) is 0.634. The first-order chi connectivity index (χ1) is 13.2. The number of methoxy groups -OCH3 is 1. The average molecular weight is 369 g/mol. The number of nitrogens with zero attached hydrogens (tertiary/aromatic N) is 1. The van der Waals surface area contributed by atoms with Crippen LogP contribution >= 0.6 is 0 Å². The van der Waals surface area contributed by atoms with Gasteiger partial charge in [0.05, 0.1) is 0 Å². The molecule has 1 aliphatic rings. The van der Waals surface area contributed by atoms with E-state index in [1.807, 2.05) is 60.7 Å². The van der Waals surface area contributed by atoms with Gasteiger partial charge in [-0.15, -0.1) is 0 Å². The Bertz CT molecular complexity index is 765. The van der Waals surface area contributed by atoms with Crippen molar-refractivity contribution in [2.45, 2.75) is 31.8 Å². The maximum atomic E-state index is 12.8. The normalized spacial score (nSPS) is 18.9. The molecule has 2 aromatic rings. The van der Waals surface area contributed by atoms with Crippen LogP contribution < -0.4 is 0 Å². The van der Waals surface area contributed by atoms with Gasteiger partial charge in [-0.05, 0) is 17.5 Å². The Morgan fingerprint density at radius 1 is 0.926 bits per heavy atom. The minimum atomic E-state index is -1.44. The summed E-state index contributed by atoms with van der Waals surface area (Å²) in [5.74, 6) is -0.581. The molecule has 0 N–H and O–H groups in total. The Balaban J connectivity index is 1.64. The highest BCUT2D eigenvalue weighted by Crippen LogP contribution is 2.32. The van der Waals surface area contributed by atoms with Crippen LogP contribution in [0.2, 0.25) is 0 Å². The number of ether oxygens (including phenoxy) is 3. The molecule has 1 amide bonds. The van der Waals surface area contributed by atoms with Crippen LogP contribution in [0.5, 0.6) is 0 Å². The molecule has 1 heterocycles. The number of esters is 1. The molecular formula is C21H23NO5. The van der Waals surface area contributed by atoms with Crippen LogP contribution in [0.4, 0.5) is 4.79 Å². The van der Waals surface area contributed by atoms with Crippen molar-refractivity contribution in [3.8, 4) is 0 Å². The molecular weight excluding hydrogens is 346 g/mol. The number of carbonyl (C=O) groups excluding carboxylic acids is 2. The van der Waals surface area contributed by atoms with E-state index in [0.717, 1.165) is 11.1 Å². The molecule has 0 aromatic heterocycles. The van der Waals surface area contributed by atoms with Crippen LogP contribution in [-0.4, -0.2) is 36.3 Å². The standard InChI is InChI=1S/C21H23NO5/c1-25-21(19(23)26-15-17-9-4-2-5-10-17)13-8-14-22(21)20(24)27-16-18-11-6-3-7-12-18/h2-7,9-12H,8,13-16H2,1H3. The second kappa shape index (κ2) is 8.68. The second-order valence-corrected chi connectivity index (χ2v) is 6.35. The van der Waals surface area contributed by atoms with Gasteiger partial charge >= 0.3 is 12.1 Å². The summed E-state index contributed by atoms with van der Waals surface area (Å²) in [7, 11) is 1.41.